The first-order chi connectivity index (χ1) is 16.9. The van der Waals surface area contributed by atoms with E-state index in [0.29, 0.717) is 36.6 Å². The zero-order chi connectivity index (χ0) is 25.4. The van der Waals surface area contributed by atoms with Crippen molar-refractivity contribution >= 4 is 11.9 Å². The number of esters is 1. The van der Waals surface area contributed by atoms with Gasteiger partial charge in [0.2, 0.25) is 0 Å². The molecule has 0 aliphatic heterocycles. The van der Waals surface area contributed by atoms with E-state index >= 15 is 0 Å². The Morgan fingerprint density at radius 3 is 2.34 bits per heavy atom. The minimum Gasteiger partial charge on any atom is -0.493 e. The van der Waals surface area contributed by atoms with E-state index in [1.54, 1.807) is 44.0 Å². The highest BCUT2D eigenvalue weighted by molar-refractivity contribution is 5.94. The average Bonchev–Trinajstić information content (AvgIpc) is 3.34. The Bertz CT molecular complexity index is 1150. The summed E-state index contributed by atoms with van der Waals surface area (Å²) in [6.07, 6.45) is 1.56. The molecule has 186 valence electrons. The first-order valence-electron chi connectivity index (χ1n) is 11.8. The monoisotopic (exact) mass is 479 g/mol. The summed E-state index contributed by atoms with van der Waals surface area (Å²) in [6.45, 7) is 6.71. The van der Waals surface area contributed by atoms with Crippen LogP contribution in [-0.2, 0) is 11.2 Å². The van der Waals surface area contributed by atoms with E-state index < -0.39 is 5.97 Å². The van der Waals surface area contributed by atoms with E-state index in [-0.39, 0.29) is 17.5 Å². The highest BCUT2D eigenvalue weighted by atomic mass is 16.5. The third-order valence-electron chi connectivity index (χ3n) is 5.86. The molecule has 0 saturated carbocycles. The molecule has 0 aliphatic rings. The van der Waals surface area contributed by atoms with Gasteiger partial charge in [0.15, 0.2) is 17.2 Å². The Hall–Kier alpha value is -3.81. The Morgan fingerprint density at radius 1 is 1.00 bits per heavy atom. The molecule has 35 heavy (non-hydrogen) atoms. The minimum absolute atomic E-state index is 0.160. The summed E-state index contributed by atoms with van der Waals surface area (Å²) < 4.78 is 17.5. The number of amides is 1. The van der Waals surface area contributed by atoms with Gasteiger partial charge in [-0.3, -0.25) is 4.79 Å². The molecule has 0 spiro atoms. The van der Waals surface area contributed by atoms with Gasteiger partial charge in [0.1, 0.15) is 0 Å². The van der Waals surface area contributed by atoms with Gasteiger partial charge in [-0.05, 0) is 73.7 Å². The van der Waals surface area contributed by atoms with Gasteiger partial charge < -0.3 is 19.5 Å². The first kappa shape index (κ1) is 25.8. The van der Waals surface area contributed by atoms with Gasteiger partial charge in [0, 0.05) is 17.8 Å². The molecule has 3 aromatic rings. The SMILES string of the molecule is CCOC(=O)c1cc([C@H](C)CC)n(-c2ccc(C(=O)NCCc3ccc(OC)c(OC)c3)cc2)n1. The number of nitrogens with zero attached hydrogens (tertiary/aromatic N) is 2. The summed E-state index contributed by atoms with van der Waals surface area (Å²) in [5.41, 5.74) is 3.55. The molecular formula is C27H33N3O5. The zero-order valence-corrected chi connectivity index (χ0v) is 21.0. The summed E-state index contributed by atoms with van der Waals surface area (Å²) in [4.78, 5) is 24.9. The van der Waals surface area contributed by atoms with Crippen molar-refractivity contribution in [2.75, 3.05) is 27.4 Å². The maximum atomic E-state index is 12.7. The fourth-order valence-corrected chi connectivity index (χ4v) is 3.68. The van der Waals surface area contributed by atoms with Crippen LogP contribution in [0.25, 0.3) is 5.69 Å². The van der Waals surface area contributed by atoms with Crippen molar-refractivity contribution in [3.63, 3.8) is 0 Å². The second kappa shape index (κ2) is 12.1. The maximum Gasteiger partial charge on any atom is 0.358 e. The lowest BCUT2D eigenvalue weighted by molar-refractivity contribution is 0.0518. The van der Waals surface area contributed by atoms with Crippen molar-refractivity contribution in [3.05, 3.63) is 71.0 Å². The molecule has 0 unspecified atom stereocenters. The fourth-order valence-electron chi connectivity index (χ4n) is 3.68. The summed E-state index contributed by atoms with van der Waals surface area (Å²) >= 11 is 0. The highest BCUT2D eigenvalue weighted by Gasteiger charge is 2.19. The predicted molar refractivity (Wildman–Crippen MR) is 134 cm³/mol. The second-order valence-corrected chi connectivity index (χ2v) is 8.14. The van der Waals surface area contributed by atoms with Crippen LogP contribution in [0.3, 0.4) is 0 Å². The molecule has 8 heteroatoms. The number of aromatic nitrogens is 2. The van der Waals surface area contributed by atoms with Gasteiger partial charge in [-0.2, -0.15) is 5.10 Å². The molecule has 8 nitrogen and oxygen atoms in total. The third-order valence-corrected chi connectivity index (χ3v) is 5.86. The zero-order valence-electron chi connectivity index (χ0n) is 21.0. The van der Waals surface area contributed by atoms with Crippen molar-refractivity contribution in [1.82, 2.24) is 15.1 Å². The number of hydrogen-bond donors (Lipinski definition) is 1. The number of methoxy groups -OCH3 is 2. The third kappa shape index (κ3) is 6.20. The Balaban J connectivity index is 1.68. The molecule has 2 aromatic carbocycles. The van der Waals surface area contributed by atoms with Crippen LogP contribution in [0.5, 0.6) is 11.5 Å². The smallest absolute Gasteiger partial charge is 0.358 e. The van der Waals surface area contributed by atoms with Gasteiger partial charge in [0.25, 0.3) is 5.91 Å². The van der Waals surface area contributed by atoms with Crippen LogP contribution in [0.15, 0.2) is 48.5 Å². The van der Waals surface area contributed by atoms with Crippen molar-refractivity contribution in [3.8, 4) is 17.2 Å². The molecule has 0 fully saturated rings. The van der Waals surface area contributed by atoms with Crippen molar-refractivity contribution in [1.29, 1.82) is 0 Å². The topological polar surface area (TPSA) is 91.7 Å². The van der Waals surface area contributed by atoms with E-state index in [2.05, 4.69) is 24.3 Å². The van der Waals surface area contributed by atoms with Gasteiger partial charge in [-0.25, -0.2) is 9.48 Å². The summed E-state index contributed by atoms with van der Waals surface area (Å²) in [5, 5.41) is 7.42. The molecular weight excluding hydrogens is 446 g/mol. The van der Waals surface area contributed by atoms with Crippen LogP contribution in [0.1, 0.15) is 65.2 Å². The number of carbonyl (C=O) groups excluding carboxylic acids is 2. The van der Waals surface area contributed by atoms with E-state index in [4.69, 9.17) is 14.2 Å². The Labute approximate surface area is 206 Å². The summed E-state index contributed by atoms with van der Waals surface area (Å²) in [6, 6.07) is 14.7. The lowest BCUT2D eigenvalue weighted by atomic mass is 10.0. The van der Waals surface area contributed by atoms with E-state index in [1.165, 1.54) is 0 Å². The van der Waals surface area contributed by atoms with E-state index in [1.807, 2.05) is 30.3 Å². The molecule has 1 aromatic heterocycles. The van der Waals surface area contributed by atoms with Gasteiger partial charge in [-0.1, -0.05) is 19.9 Å². The Kier molecular flexibility index (Phi) is 8.89. The number of ether oxygens (including phenoxy) is 3. The van der Waals surface area contributed by atoms with Crippen LogP contribution >= 0.6 is 0 Å². The average molecular weight is 480 g/mol. The van der Waals surface area contributed by atoms with Crippen molar-refractivity contribution < 1.29 is 23.8 Å². The quantitative estimate of drug-likeness (QED) is 0.406. The Morgan fingerprint density at radius 2 is 1.71 bits per heavy atom. The second-order valence-electron chi connectivity index (χ2n) is 8.14. The van der Waals surface area contributed by atoms with E-state index in [0.717, 1.165) is 23.4 Å². The van der Waals surface area contributed by atoms with Crippen molar-refractivity contribution in [2.24, 2.45) is 0 Å². The molecule has 1 amide bonds. The molecule has 0 bridgehead atoms. The lowest BCUT2D eigenvalue weighted by Crippen LogP contribution is -2.25. The molecule has 0 saturated heterocycles. The number of rotatable bonds is 11. The number of benzene rings is 2. The van der Waals surface area contributed by atoms with Crippen LogP contribution in [0.4, 0.5) is 0 Å². The minimum atomic E-state index is -0.443. The molecule has 0 radical (unpaired) electrons. The molecule has 1 atom stereocenters. The van der Waals surface area contributed by atoms with Crippen LogP contribution < -0.4 is 14.8 Å². The van der Waals surface area contributed by atoms with Crippen LogP contribution in [0, 0.1) is 0 Å². The summed E-state index contributed by atoms with van der Waals surface area (Å²) in [7, 11) is 3.19. The molecule has 0 aliphatic carbocycles. The van der Waals surface area contributed by atoms with Crippen molar-refractivity contribution in [2.45, 2.75) is 39.5 Å². The van der Waals surface area contributed by atoms with E-state index in [9.17, 15) is 9.59 Å². The fraction of sp³-hybridized carbons (Fsp3) is 0.370. The number of nitrogens with one attached hydrogen (secondary N) is 1. The number of carbonyl (C=O) groups is 2. The standard InChI is InChI=1S/C27H33N3O5/c1-6-18(3)23-17-22(27(32)35-7-2)29-30(23)21-11-9-20(10-12-21)26(31)28-15-14-19-8-13-24(33-4)25(16-19)34-5/h8-13,16-18H,6-7,14-15H2,1-5H3,(H,28,31)/t18-/m1/s1. The normalized spacial score (nSPS) is 11.6. The first-order valence-corrected chi connectivity index (χ1v) is 11.8. The summed E-state index contributed by atoms with van der Waals surface area (Å²) in [5.74, 6) is 0.926. The maximum absolute atomic E-state index is 12.7. The van der Waals surface area contributed by atoms with Gasteiger partial charge in [0.05, 0.1) is 26.5 Å². The van der Waals surface area contributed by atoms with Gasteiger partial charge >= 0.3 is 5.97 Å². The number of hydrogen-bond acceptors (Lipinski definition) is 6. The highest BCUT2D eigenvalue weighted by Crippen LogP contribution is 2.27. The molecule has 1 heterocycles. The molecule has 1 N–H and O–H groups in total. The lowest BCUT2D eigenvalue weighted by Gasteiger charge is -2.13. The molecule has 3 rings (SSSR count). The predicted octanol–water partition coefficient (Wildman–Crippen LogP) is 4.55. The largest absolute Gasteiger partial charge is 0.493 e. The van der Waals surface area contributed by atoms with Gasteiger partial charge in [-0.15, -0.1) is 0 Å². The van der Waals surface area contributed by atoms with Crippen LogP contribution in [-0.4, -0.2) is 49.0 Å². The van der Waals surface area contributed by atoms with Crippen LogP contribution in [0.2, 0.25) is 0 Å².